The van der Waals surface area contributed by atoms with E-state index in [-0.39, 0.29) is 17.3 Å². The van der Waals surface area contributed by atoms with Crippen LogP contribution in [-0.2, 0) is 17.3 Å². The quantitative estimate of drug-likeness (QED) is 0.316. The van der Waals surface area contributed by atoms with E-state index in [9.17, 15) is 4.79 Å². The maximum Gasteiger partial charge on any atom is 0.329 e. The number of aromatic nitrogens is 4. The van der Waals surface area contributed by atoms with Gasteiger partial charge in [0.25, 0.3) is 0 Å². The smallest absolute Gasteiger partial charge is 0.329 e. The van der Waals surface area contributed by atoms with Crippen LogP contribution in [0.1, 0.15) is 45.4 Å². The molecule has 1 saturated carbocycles. The highest BCUT2D eigenvalue weighted by Crippen LogP contribution is 2.40. The third-order valence-corrected chi connectivity index (χ3v) is 8.57. The zero-order valence-corrected chi connectivity index (χ0v) is 22.7. The Morgan fingerprint density at radius 3 is 2.63 bits per heavy atom. The molecule has 0 amide bonds. The van der Waals surface area contributed by atoms with Gasteiger partial charge < -0.3 is 14.4 Å². The van der Waals surface area contributed by atoms with Crippen molar-refractivity contribution in [3.63, 3.8) is 0 Å². The largest absolute Gasteiger partial charge is 0.478 e. The Kier molecular flexibility index (Phi) is 6.70. The molecule has 8 heteroatoms. The van der Waals surface area contributed by atoms with Gasteiger partial charge in [0.2, 0.25) is 5.88 Å². The first-order chi connectivity index (χ1) is 18.5. The molecule has 2 aliphatic rings. The van der Waals surface area contributed by atoms with E-state index in [2.05, 4.69) is 40.0 Å². The van der Waals surface area contributed by atoms with E-state index in [1.807, 2.05) is 36.1 Å². The van der Waals surface area contributed by atoms with Crippen molar-refractivity contribution < 1.29 is 9.47 Å². The molecule has 200 valence electrons. The highest BCUT2D eigenvalue weighted by atomic mass is 16.5. The van der Waals surface area contributed by atoms with Gasteiger partial charge in [-0.2, -0.15) is 0 Å². The van der Waals surface area contributed by atoms with Crippen LogP contribution in [0.4, 0.5) is 0 Å². The number of benzene rings is 1. The first kappa shape index (κ1) is 25.1. The summed E-state index contributed by atoms with van der Waals surface area (Å²) in [5, 5.41) is 0.974. The van der Waals surface area contributed by atoms with Crippen LogP contribution in [-0.4, -0.2) is 63.5 Å². The number of nitrogens with zero attached hydrogens (tertiary/aromatic N) is 5. The fraction of sp³-hybridized carbons (Fsp3) is 0.500. The van der Waals surface area contributed by atoms with Crippen LogP contribution in [0, 0.1) is 0 Å². The Bertz CT molecular complexity index is 1500. The molecule has 8 nitrogen and oxygen atoms in total. The van der Waals surface area contributed by atoms with Gasteiger partial charge in [-0.25, -0.2) is 9.78 Å². The molecule has 0 bridgehead atoms. The van der Waals surface area contributed by atoms with Gasteiger partial charge in [-0.15, -0.1) is 0 Å². The predicted molar refractivity (Wildman–Crippen MR) is 150 cm³/mol. The maximum atomic E-state index is 13.5. The number of methoxy groups -OCH3 is 1. The maximum absolute atomic E-state index is 13.5. The van der Waals surface area contributed by atoms with E-state index in [0.717, 1.165) is 65.3 Å². The van der Waals surface area contributed by atoms with Gasteiger partial charge in [-0.1, -0.05) is 6.07 Å². The number of imidazole rings is 1. The normalized spacial score (nSPS) is 22.1. The number of likely N-dealkylation sites (tertiary alicyclic amines) is 1. The second-order valence-corrected chi connectivity index (χ2v) is 11.1. The zero-order chi connectivity index (χ0) is 26.3. The van der Waals surface area contributed by atoms with Crippen molar-refractivity contribution >= 4 is 21.9 Å². The molecule has 6 rings (SSSR count). The molecular formula is C30H37N5O3. The lowest BCUT2D eigenvalue weighted by Crippen LogP contribution is -2.37. The number of hydrogen-bond donors (Lipinski definition) is 0. The summed E-state index contributed by atoms with van der Waals surface area (Å²) in [7, 11) is 3.59. The number of fused-ring (bicyclic) bond motifs is 3. The van der Waals surface area contributed by atoms with Crippen LogP contribution in [0.3, 0.4) is 0 Å². The monoisotopic (exact) mass is 515 g/mol. The first-order valence-electron chi connectivity index (χ1n) is 13.8. The van der Waals surface area contributed by atoms with E-state index in [0.29, 0.717) is 12.5 Å². The minimum atomic E-state index is -0.309. The van der Waals surface area contributed by atoms with Crippen LogP contribution < -0.4 is 10.4 Å². The summed E-state index contributed by atoms with van der Waals surface area (Å²) in [4.78, 5) is 25.3. The summed E-state index contributed by atoms with van der Waals surface area (Å²) in [5.41, 5.74) is 4.38. The number of pyridine rings is 2. The van der Waals surface area contributed by atoms with Crippen LogP contribution in [0.5, 0.6) is 5.88 Å². The van der Waals surface area contributed by atoms with Crippen molar-refractivity contribution in [1.29, 1.82) is 0 Å². The molecule has 3 aromatic heterocycles. The minimum Gasteiger partial charge on any atom is -0.478 e. The molecule has 1 aromatic carbocycles. The lowest BCUT2D eigenvalue weighted by molar-refractivity contribution is 0.0984. The molecule has 4 aromatic rings. The van der Waals surface area contributed by atoms with Gasteiger partial charge in [0.05, 0.1) is 35.5 Å². The van der Waals surface area contributed by atoms with Gasteiger partial charge in [0.1, 0.15) is 0 Å². The Labute approximate surface area is 223 Å². The Morgan fingerprint density at radius 1 is 1.08 bits per heavy atom. The van der Waals surface area contributed by atoms with Gasteiger partial charge >= 0.3 is 5.69 Å². The molecule has 1 aliphatic heterocycles. The number of rotatable bonds is 8. The van der Waals surface area contributed by atoms with E-state index in [4.69, 9.17) is 9.47 Å². The molecule has 0 spiro atoms. The molecule has 2 fully saturated rings. The van der Waals surface area contributed by atoms with Crippen molar-refractivity contribution in [2.45, 2.75) is 57.1 Å². The van der Waals surface area contributed by atoms with E-state index in [1.165, 1.54) is 25.9 Å². The second-order valence-electron chi connectivity index (χ2n) is 11.1. The van der Waals surface area contributed by atoms with Gasteiger partial charge in [-0.05, 0) is 82.3 Å². The first-order valence-corrected chi connectivity index (χ1v) is 13.8. The Morgan fingerprint density at radius 2 is 1.89 bits per heavy atom. The van der Waals surface area contributed by atoms with Crippen molar-refractivity contribution in [2.24, 2.45) is 7.05 Å². The average Bonchev–Trinajstić information content (AvgIpc) is 3.66. The second kappa shape index (κ2) is 10.2. The third-order valence-electron chi connectivity index (χ3n) is 8.57. The minimum absolute atomic E-state index is 0.00754. The molecule has 2 atom stereocenters. The van der Waals surface area contributed by atoms with Crippen molar-refractivity contribution in [3.05, 3.63) is 53.2 Å². The van der Waals surface area contributed by atoms with Gasteiger partial charge in [0.15, 0.2) is 0 Å². The lowest BCUT2D eigenvalue weighted by Gasteiger charge is -2.26. The van der Waals surface area contributed by atoms with Crippen LogP contribution >= 0.6 is 0 Å². The lowest BCUT2D eigenvalue weighted by atomic mass is 9.98. The molecule has 0 unspecified atom stereocenters. The van der Waals surface area contributed by atoms with Crippen LogP contribution in [0.25, 0.3) is 33.1 Å². The molecule has 38 heavy (non-hydrogen) atoms. The highest BCUT2D eigenvalue weighted by molar-refractivity contribution is 6.04. The van der Waals surface area contributed by atoms with Gasteiger partial charge in [0, 0.05) is 49.5 Å². The number of hydrogen-bond acceptors (Lipinski definition) is 6. The Hall–Kier alpha value is -3.23. The average molecular weight is 516 g/mol. The van der Waals surface area contributed by atoms with Crippen LogP contribution in [0.15, 0.2) is 47.5 Å². The molecule has 4 heterocycles. The fourth-order valence-corrected chi connectivity index (χ4v) is 6.36. The summed E-state index contributed by atoms with van der Waals surface area (Å²) < 4.78 is 15.3. The summed E-state index contributed by atoms with van der Waals surface area (Å²) >= 11 is 0. The fourth-order valence-electron chi connectivity index (χ4n) is 6.36. The van der Waals surface area contributed by atoms with Crippen molar-refractivity contribution in [2.75, 3.05) is 33.4 Å². The third kappa shape index (κ3) is 4.50. The molecule has 0 N–H and O–H groups in total. The van der Waals surface area contributed by atoms with E-state index >= 15 is 0 Å². The predicted octanol–water partition coefficient (Wildman–Crippen LogP) is 4.73. The molecular weight excluding hydrogens is 478 g/mol. The molecule has 1 aliphatic carbocycles. The summed E-state index contributed by atoms with van der Waals surface area (Å²) in [6.07, 6.45) is 10.2. The van der Waals surface area contributed by atoms with E-state index < -0.39 is 0 Å². The summed E-state index contributed by atoms with van der Waals surface area (Å²) in [6, 6.07) is 10.2. The highest BCUT2D eigenvalue weighted by Gasteiger charge is 2.39. The summed E-state index contributed by atoms with van der Waals surface area (Å²) in [5.74, 6) is 0.652. The zero-order valence-electron chi connectivity index (χ0n) is 22.7. The number of aryl methyl sites for hydroxylation is 1. The van der Waals surface area contributed by atoms with Crippen molar-refractivity contribution in [1.82, 2.24) is 24.0 Å². The summed E-state index contributed by atoms with van der Waals surface area (Å²) in [6.45, 7) is 6.37. The molecule has 0 radical (unpaired) electrons. The number of ether oxygens (including phenoxy) is 2. The topological polar surface area (TPSA) is 74.4 Å². The van der Waals surface area contributed by atoms with E-state index in [1.54, 1.807) is 11.7 Å². The Balaban J connectivity index is 1.30. The molecule has 1 saturated heterocycles. The van der Waals surface area contributed by atoms with Crippen molar-refractivity contribution in [3.8, 4) is 17.0 Å². The van der Waals surface area contributed by atoms with Gasteiger partial charge in [-0.3, -0.25) is 14.1 Å². The SMILES string of the molecule is CO[C@H]1CC[C@](C)(n2c(=O)n(C)c3cnc4ccc(-c5ccc(OCCCN6CCCC6)nc5)cc4c32)C1. The van der Waals surface area contributed by atoms with Crippen LogP contribution in [0.2, 0.25) is 0 Å². The standard InChI is InChI=1S/C30H37N5O3/c1-30(12-11-23(18-30)37-3)35-28-24-17-21(7-9-25(24)31-20-26(28)33(2)29(35)36)22-8-10-27(32-19-22)38-16-6-15-34-13-4-5-14-34/h7-10,17,19-20,23H,4-6,11-16,18H2,1-3H3/t23-,30-/m0/s1.